The van der Waals surface area contributed by atoms with Gasteiger partial charge in [0, 0.05) is 25.3 Å². The second-order valence-electron chi connectivity index (χ2n) is 6.57. The predicted octanol–water partition coefficient (Wildman–Crippen LogP) is 3.09. The summed E-state index contributed by atoms with van der Waals surface area (Å²) < 4.78 is 0. The predicted molar refractivity (Wildman–Crippen MR) is 86.5 cm³/mol. The largest absolute Gasteiger partial charge is 0.359 e. The van der Waals surface area contributed by atoms with Gasteiger partial charge in [-0.15, -0.1) is 0 Å². The molecule has 0 saturated heterocycles. The Kier molecular flexibility index (Phi) is 4.18. The average molecular weight is 286 g/mol. The monoisotopic (exact) mass is 286 g/mol. The molecule has 1 heterocycles. The van der Waals surface area contributed by atoms with E-state index in [-0.39, 0.29) is 5.91 Å². The van der Waals surface area contributed by atoms with Gasteiger partial charge in [-0.3, -0.25) is 4.79 Å². The molecule has 0 radical (unpaired) electrons. The Morgan fingerprint density at radius 1 is 1.29 bits per heavy atom. The first kappa shape index (κ1) is 14.4. The van der Waals surface area contributed by atoms with Crippen molar-refractivity contribution in [1.29, 1.82) is 0 Å². The molecule has 1 fully saturated rings. The molecule has 1 atom stereocenters. The highest BCUT2D eigenvalue weighted by Gasteiger charge is 2.29. The van der Waals surface area contributed by atoms with E-state index in [2.05, 4.69) is 36.1 Å². The van der Waals surface area contributed by atoms with Crippen molar-refractivity contribution in [2.45, 2.75) is 45.1 Å². The molecule has 1 aliphatic heterocycles. The van der Waals surface area contributed by atoms with Crippen molar-refractivity contribution in [3.05, 3.63) is 29.8 Å². The number of likely N-dealkylation sites (N-methyl/N-ethyl adjacent to an activating group) is 1. The van der Waals surface area contributed by atoms with Crippen LogP contribution < -0.4 is 4.90 Å². The van der Waals surface area contributed by atoms with E-state index in [1.54, 1.807) is 0 Å². The molecule has 0 aromatic heterocycles. The molecule has 2 aliphatic rings. The zero-order valence-corrected chi connectivity index (χ0v) is 13.2. The maximum Gasteiger partial charge on any atom is 0.241 e. The number of rotatable bonds is 5. The van der Waals surface area contributed by atoms with Crippen LogP contribution in [0.25, 0.3) is 0 Å². The number of carbonyl (C=O) groups is 1. The highest BCUT2D eigenvalue weighted by atomic mass is 16.2. The molecule has 1 aromatic carbocycles. The minimum Gasteiger partial charge on any atom is -0.359 e. The number of aryl methyl sites for hydroxylation is 1. The number of hydrogen-bond acceptors (Lipinski definition) is 2. The van der Waals surface area contributed by atoms with Gasteiger partial charge >= 0.3 is 0 Å². The maximum atomic E-state index is 12.5. The molecule has 0 N–H and O–H groups in total. The highest BCUT2D eigenvalue weighted by molar-refractivity contribution is 5.82. The molecule has 1 aromatic rings. The second-order valence-corrected chi connectivity index (χ2v) is 6.57. The summed E-state index contributed by atoms with van der Waals surface area (Å²) in [6.07, 6.45) is 5.99. The maximum absolute atomic E-state index is 12.5. The lowest BCUT2D eigenvalue weighted by atomic mass is 9.94. The number of para-hydroxylation sites is 1. The first-order valence-electron chi connectivity index (χ1n) is 8.27. The number of hydrogen-bond donors (Lipinski definition) is 0. The molecule has 21 heavy (non-hydrogen) atoms. The van der Waals surface area contributed by atoms with Crippen molar-refractivity contribution in [2.75, 3.05) is 25.0 Å². The lowest BCUT2D eigenvalue weighted by molar-refractivity contribution is -0.128. The summed E-state index contributed by atoms with van der Waals surface area (Å²) in [4.78, 5) is 16.8. The van der Waals surface area contributed by atoms with Crippen molar-refractivity contribution in [3.63, 3.8) is 0 Å². The summed E-state index contributed by atoms with van der Waals surface area (Å²) >= 11 is 0. The summed E-state index contributed by atoms with van der Waals surface area (Å²) in [6, 6.07) is 9.06. The Morgan fingerprint density at radius 3 is 2.76 bits per heavy atom. The molecule has 0 spiro atoms. The number of anilines is 1. The molecule has 3 rings (SSSR count). The Bertz CT molecular complexity index is 510. The standard InChI is InChI=1S/C18H26N2O/c1-3-16-11-10-15-6-4-5-7-17(15)20(16)13-18(21)19(2)12-14-8-9-14/h4-7,14,16H,3,8-13H2,1-2H3/t16-/m1/s1. The third kappa shape index (κ3) is 3.22. The fourth-order valence-electron chi connectivity index (χ4n) is 3.37. The Balaban J connectivity index is 1.73. The lowest BCUT2D eigenvalue weighted by Crippen LogP contribution is -2.46. The van der Waals surface area contributed by atoms with Crippen LogP contribution in [0, 0.1) is 5.92 Å². The molecule has 1 amide bonds. The van der Waals surface area contributed by atoms with Gasteiger partial charge < -0.3 is 9.80 Å². The van der Waals surface area contributed by atoms with Gasteiger partial charge in [0.2, 0.25) is 5.91 Å². The van der Waals surface area contributed by atoms with E-state index in [4.69, 9.17) is 0 Å². The Labute approximate surface area is 127 Å². The zero-order chi connectivity index (χ0) is 14.8. The van der Waals surface area contributed by atoms with E-state index in [1.165, 1.54) is 24.1 Å². The number of fused-ring (bicyclic) bond motifs is 1. The van der Waals surface area contributed by atoms with E-state index >= 15 is 0 Å². The minimum absolute atomic E-state index is 0.261. The molecule has 1 aliphatic carbocycles. The van der Waals surface area contributed by atoms with E-state index in [0.717, 1.165) is 31.7 Å². The molecular formula is C18H26N2O. The van der Waals surface area contributed by atoms with Gasteiger partial charge in [0.1, 0.15) is 0 Å². The molecule has 0 bridgehead atoms. The molecule has 1 saturated carbocycles. The van der Waals surface area contributed by atoms with Crippen LogP contribution in [0.5, 0.6) is 0 Å². The van der Waals surface area contributed by atoms with Crippen molar-refractivity contribution >= 4 is 11.6 Å². The van der Waals surface area contributed by atoms with Crippen LogP contribution in [0.1, 0.15) is 38.2 Å². The van der Waals surface area contributed by atoms with Gasteiger partial charge in [-0.25, -0.2) is 0 Å². The number of nitrogens with zero attached hydrogens (tertiary/aromatic N) is 2. The summed E-state index contributed by atoms with van der Waals surface area (Å²) in [6.45, 7) is 3.69. The van der Waals surface area contributed by atoms with Crippen LogP contribution >= 0.6 is 0 Å². The van der Waals surface area contributed by atoms with Gasteiger partial charge in [0.05, 0.1) is 6.54 Å². The van der Waals surface area contributed by atoms with Crippen LogP contribution in [0.4, 0.5) is 5.69 Å². The van der Waals surface area contributed by atoms with Crippen molar-refractivity contribution < 1.29 is 4.79 Å². The average Bonchev–Trinajstić information content (AvgIpc) is 3.31. The van der Waals surface area contributed by atoms with Gasteiger partial charge in [-0.2, -0.15) is 0 Å². The van der Waals surface area contributed by atoms with Crippen molar-refractivity contribution in [3.8, 4) is 0 Å². The van der Waals surface area contributed by atoms with Crippen LogP contribution in [-0.4, -0.2) is 37.0 Å². The van der Waals surface area contributed by atoms with Crippen LogP contribution in [-0.2, 0) is 11.2 Å². The first-order chi connectivity index (χ1) is 10.2. The smallest absolute Gasteiger partial charge is 0.241 e. The number of carbonyl (C=O) groups excluding carboxylic acids is 1. The fourth-order valence-corrected chi connectivity index (χ4v) is 3.37. The van der Waals surface area contributed by atoms with Gasteiger partial charge in [-0.05, 0) is 49.7 Å². The van der Waals surface area contributed by atoms with Gasteiger partial charge in [0.25, 0.3) is 0 Å². The first-order valence-corrected chi connectivity index (χ1v) is 8.27. The summed E-state index contributed by atoms with van der Waals surface area (Å²) in [5.41, 5.74) is 2.66. The topological polar surface area (TPSA) is 23.6 Å². The Hall–Kier alpha value is -1.51. The minimum atomic E-state index is 0.261. The quantitative estimate of drug-likeness (QED) is 0.830. The summed E-state index contributed by atoms with van der Waals surface area (Å²) in [5.74, 6) is 1.02. The third-order valence-corrected chi connectivity index (χ3v) is 4.92. The van der Waals surface area contributed by atoms with Crippen molar-refractivity contribution in [1.82, 2.24) is 4.90 Å². The normalized spacial score (nSPS) is 21.0. The van der Waals surface area contributed by atoms with Crippen LogP contribution in [0.2, 0.25) is 0 Å². The second kappa shape index (κ2) is 6.08. The van der Waals surface area contributed by atoms with Crippen molar-refractivity contribution in [2.24, 2.45) is 5.92 Å². The molecule has 0 unspecified atom stereocenters. The molecule has 3 heteroatoms. The van der Waals surface area contributed by atoms with Crippen LogP contribution in [0.15, 0.2) is 24.3 Å². The van der Waals surface area contributed by atoms with Gasteiger partial charge in [0.15, 0.2) is 0 Å². The van der Waals surface area contributed by atoms with E-state index in [0.29, 0.717) is 12.6 Å². The van der Waals surface area contributed by atoms with Crippen LogP contribution in [0.3, 0.4) is 0 Å². The summed E-state index contributed by atoms with van der Waals surface area (Å²) in [7, 11) is 1.96. The highest BCUT2D eigenvalue weighted by Crippen LogP contribution is 2.32. The summed E-state index contributed by atoms with van der Waals surface area (Å²) in [5, 5.41) is 0. The number of benzene rings is 1. The Morgan fingerprint density at radius 2 is 2.05 bits per heavy atom. The molecular weight excluding hydrogens is 260 g/mol. The van der Waals surface area contributed by atoms with E-state index in [1.807, 2.05) is 11.9 Å². The molecule has 3 nitrogen and oxygen atoms in total. The zero-order valence-electron chi connectivity index (χ0n) is 13.2. The SMILES string of the molecule is CC[C@@H]1CCc2ccccc2N1CC(=O)N(C)CC1CC1. The lowest BCUT2D eigenvalue weighted by Gasteiger charge is -2.39. The number of amides is 1. The van der Waals surface area contributed by atoms with E-state index in [9.17, 15) is 4.79 Å². The molecule has 114 valence electrons. The van der Waals surface area contributed by atoms with Gasteiger partial charge in [-0.1, -0.05) is 25.1 Å². The third-order valence-electron chi connectivity index (χ3n) is 4.92. The van der Waals surface area contributed by atoms with E-state index < -0.39 is 0 Å². The fraction of sp³-hybridized carbons (Fsp3) is 0.611.